The van der Waals surface area contributed by atoms with Crippen molar-refractivity contribution in [2.24, 2.45) is 5.92 Å². The molecule has 1 amide bonds. The number of H-pyrrole nitrogens is 1. The second-order valence-corrected chi connectivity index (χ2v) is 4.94. The van der Waals surface area contributed by atoms with Gasteiger partial charge in [-0.25, -0.2) is 0 Å². The first kappa shape index (κ1) is 12.1. The van der Waals surface area contributed by atoms with Crippen LogP contribution in [0.25, 0.3) is 11.0 Å². The Kier molecular flexibility index (Phi) is 3.41. The van der Waals surface area contributed by atoms with Gasteiger partial charge in [-0.2, -0.15) is 15.4 Å². The van der Waals surface area contributed by atoms with E-state index in [4.69, 9.17) is 0 Å². The maximum Gasteiger partial charge on any atom is 0.224 e. The van der Waals surface area contributed by atoms with Crippen molar-refractivity contribution in [2.45, 2.75) is 19.3 Å². The molecule has 1 aromatic carbocycles. The van der Waals surface area contributed by atoms with E-state index in [0.717, 1.165) is 30.7 Å². The lowest BCUT2D eigenvalue weighted by atomic mass is 10.0. The minimum atomic E-state index is 0.0439. The van der Waals surface area contributed by atoms with Gasteiger partial charge in [0.05, 0.1) is 5.69 Å². The summed E-state index contributed by atoms with van der Waals surface area (Å²) < 4.78 is 0. The van der Waals surface area contributed by atoms with Gasteiger partial charge in [0.25, 0.3) is 0 Å². The van der Waals surface area contributed by atoms with E-state index in [1.54, 1.807) is 0 Å². The topological polar surface area (TPSA) is 82.7 Å². The van der Waals surface area contributed by atoms with E-state index in [1.165, 1.54) is 6.42 Å². The molecule has 1 fully saturated rings. The van der Waals surface area contributed by atoms with Crippen LogP contribution < -0.4 is 10.6 Å². The molecule has 19 heavy (non-hydrogen) atoms. The molecule has 3 N–H and O–H groups in total. The van der Waals surface area contributed by atoms with E-state index in [0.29, 0.717) is 17.9 Å². The molecule has 0 radical (unpaired) electrons. The Balaban J connectivity index is 1.60. The molecular weight excluding hydrogens is 242 g/mol. The molecule has 1 aromatic heterocycles. The molecule has 2 aromatic rings. The number of nitrogens with one attached hydrogen (secondary N) is 3. The Bertz CT molecular complexity index is 573. The first-order valence-corrected chi connectivity index (χ1v) is 6.63. The van der Waals surface area contributed by atoms with E-state index < -0.39 is 0 Å². The largest absolute Gasteiger partial charge is 0.324 e. The van der Waals surface area contributed by atoms with Gasteiger partial charge in [0.2, 0.25) is 5.91 Å². The molecule has 1 unspecified atom stereocenters. The van der Waals surface area contributed by atoms with E-state index in [2.05, 4.69) is 26.0 Å². The number of para-hydroxylation sites is 1. The number of rotatable bonds is 4. The van der Waals surface area contributed by atoms with Crippen LogP contribution in [0.4, 0.5) is 5.69 Å². The molecule has 0 bridgehead atoms. The zero-order valence-corrected chi connectivity index (χ0v) is 10.6. The number of carbonyl (C=O) groups is 1. The summed E-state index contributed by atoms with van der Waals surface area (Å²) in [6.45, 7) is 2.11. The summed E-state index contributed by atoms with van der Waals surface area (Å²) in [6, 6.07) is 5.57. The average molecular weight is 259 g/mol. The van der Waals surface area contributed by atoms with E-state index in [1.807, 2.05) is 18.2 Å². The maximum atomic E-state index is 11.9. The molecule has 3 rings (SSSR count). The summed E-state index contributed by atoms with van der Waals surface area (Å²) in [6.07, 6.45) is 2.67. The standard InChI is InChI=1S/C13H17N5O/c19-12(5-4-9-6-7-14-8-9)15-10-2-1-3-11-13(10)17-18-16-11/h1-3,9,14H,4-8H2,(H,15,19)(H,16,17,18). The number of aromatic amines is 1. The second kappa shape index (κ2) is 5.36. The fraction of sp³-hybridized carbons (Fsp3) is 0.462. The summed E-state index contributed by atoms with van der Waals surface area (Å²) >= 11 is 0. The molecule has 0 aliphatic carbocycles. The molecule has 1 aliphatic rings. The van der Waals surface area contributed by atoms with Gasteiger partial charge in [-0.05, 0) is 44.0 Å². The molecule has 0 saturated carbocycles. The first-order valence-electron chi connectivity index (χ1n) is 6.63. The summed E-state index contributed by atoms with van der Waals surface area (Å²) in [5.41, 5.74) is 2.19. The van der Waals surface area contributed by atoms with E-state index in [9.17, 15) is 4.79 Å². The normalized spacial score (nSPS) is 18.8. The van der Waals surface area contributed by atoms with Crippen molar-refractivity contribution in [2.75, 3.05) is 18.4 Å². The molecule has 6 nitrogen and oxygen atoms in total. The Labute approximate surface area is 111 Å². The summed E-state index contributed by atoms with van der Waals surface area (Å²) in [7, 11) is 0. The molecule has 1 aliphatic heterocycles. The van der Waals surface area contributed by atoms with Crippen LogP contribution in [0, 0.1) is 5.92 Å². The molecule has 100 valence electrons. The van der Waals surface area contributed by atoms with Gasteiger partial charge >= 0.3 is 0 Å². The Hall–Kier alpha value is -1.95. The molecule has 1 saturated heterocycles. The highest BCUT2D eigenvalue weighted by Gasteiger charge is 2.16. The molecule has 1 atom stereocenters. The van der Waals surface area contributed by atoms with Crippen molar-refractivity contribution < 1.29 is 4.79 Å². The van der Waals surface area contributed by atoms with Gasteiger partial charge < -0.3 is 10.6 Å². The lowest BCUT2D eigenvalue weighted by Crippen LogP contribution is -2.15. The predicted molar refractivity (Wildman–Crippen MR) is 72.7 cm³/mol. The second-order valence-electron chi connectivity index (χ2n) is 4.94. The summed E-state index contributed by atoms with van der Waals surface area (Å²) in [4.78, 5) is 11.9. The number of hydrogen-bond acceptors (Lipinski definition) is 4. The highest BCUT2D eigenvalue weighted by molar-refractivity contribution is 5.99. The van der Waals surface area contributed by atoms with Crippen molar-refractivity contribution in [3.63, 3.8) is 0 Å². The van der Waals surface area contributed by atoms with Gasteiger partial charge in [0, 0.05) is 6.42 Å². The molecule has 6 heteroatoms. The Morgan fingerprint density at radius 1 is 1.42 bits per heavy atom. The third kappa shape index (κ3) is 2.73. The minimum absolute atomic E-state index is 0.0439. The van der Waals surface area contributed by atoms with Crippen molar-refractivity contribution >= 4 is 22.6 Å². The van der Waals surface area contributed by atoms with E-state index in [-0.39, 0.29) is 5.91 Å². The SMILES string of the molecule is O=C(CCC1CCNC1)Nc1cccc2n[nH]nc12. The molecular formula is C13H17N5O. The van der Waals surface area contributed by atoms with E-state index >= 15 is 0 Å². The maximum absolute atomic E-state index is 11.9. The van der Waals surface area contributed by atoms with Crippen LogP contribution in [0.15, 0.2) is 18.2 Å². The number of nitrogens with zero attached hydrogens (tertiary/aromatic N) is 2. The van der Waals surface area contributed by atoms with Gasteiger partial charge in [0.15, 0.2) is 0 Å². The van der Waals surface area contributed by atoms with Gasteiger partial charge in [0.1, 0.15) is 11.0 Å². The number of benzene rings is 1. The Morgan fingerprint density at radius 2 is 2.37 bits per heavy atom. The number of carbonyl (C=O) groups excluding carboxylic acids is 1. The van der Waals surface area contributed by atoms with Crippen LogP contribution in [-0.2, 0) is 4.79 Å². The minimum Gasteiger partial charge on any atom is -0.324 e. The van der Waals surface area contributed by atoms with Crippen LogP contribution in [0.3, 0.4) is 0 Å². The number of anilines is 1. The lowest BCUT2D eigenvalue weighted by molar-refractivity contribution is -0.116. The first-order chi connectivity index (χ1) is 9.33. The number of amides is 1. The van der Waals surface area contributed by atoms with Crippen LogP contribution in [0.1, 0.15) is 19.3 Å². The quantitative estimate of drug-likeness (QED) is 0.772. The molecule has 0 spiro atoms. The summed E-state index contributed by atoms with van der Waals surface area (Å²) in [5, 5.41) is 16.8. The van der Waals surface area contributed by atoms with Crippen LogP contribution in [0.5, 0.6) is 0 Å². The van der Waals surface area contributed by atoms with Gasteiger partial charge in [-0.3, -0.25) is 4.79 Å². The Morgan fingerprint density at radius 3 is 3.21 bits per heavy atom. The smallest absolute Gasteiger partial charge is 0.224 e. The zero-order valence-electron chi connectivity index (χ0n) is 10.6. The number of hydrogen-bond donors (Lipinski definition) is 3. The van der Waals surface area contributed by atoms with Crippen LogP contribution in [0.2, 0.25) is 0 Å². The highest BCUT2D eigenvalue weighted by atomic mass is 16.1. The third-order valence-electron chi connectivity index (χ3n) is 3.56. The fourth-order valence-electron chi connectivity index (χ4n) is 2.48. The van der Waals surface area contributed by atoms with Gasteiger partial charge in [-0.1, -0.05) is 6.07 Å². The third-order valence-corrected chi connectivity index (χ3v) is 3.56. The van der Waals surface area contributed by atoms with Crippen molar-refractivity contribution in [3.05, 3.63) is 18.2 Å². The highest BCUT2D eigenvalue weighted by Crippen LogP contribution is 2.20. The van der Waals surface area contributed by atoms with Crippen molar-refractivity contribution in [3.8, 4) is 0 Å². The predicted octanol–water partition coefficient (Wildman–Crippen LogP) is 1.29. The number of fused-ring (bicyclic) bond motifs is 1. The van der Waals surface area contributed by atoms with Crippen molar-refractivity contribution in [1.29, 1.82) is 0 Å². The average Bonchev–Trinajstić information content (AvgIpc) is 3.08. The lowest BCUT2D eigenvalue weighted by Gasteiger charge is -2.08. The van der Waals surface area contributed by atoms with Gasteiger partial charge in [-0.15, -0.1) is 0 Å². The summed E-state index contributed by atoms with van der Waals surface area (Å²) in [5.74, 6) is 0.677. The molecule has 2 heterocycles. The van der Waals surface area contributed by atoms with Crippen molar-refractivity contribution in [1.82, 2.24) is 20.7 Å². The van der Waals surface area contributed by atoms with Crippen LogP contribution >= 0.6 is 0 Å². The van der Waals surface area contributed by atoms with Crippen LogP contribution in [-0.4, -0.2) is 34.4 Å². The fourth-order valence-corrected chi connectivity index (χ4v) is 2.48. The zero-order chi connectivity index (χ0) is 13.1. The number of aromatic nitrogens is 3. The monoisotopic (exact) mass is 259 g/mol.